The molecule has 15 heavy (non-hydrogen) atoms. The van der Waals surface area contributed by atoms with E-state index in [0.717, 1.165) is 12.8 Å². The van der Waals surface area contributed by atoms with Crippen LogP contribution >= 0.6 is 0 Å². The second-order valence-corrected chi connectivity index (χ2v) is 5.83. The van der Waals surface area contributed by atoms with Crippen LogP contribution in [0.5, 0.6) is 0 Å². The maximum Gasteiger partial charge on any atom is 0.0543 e. The molecule has 3 nitrogen and oxygen atoms in total. The van der Waals surface area contributed by atoms with Crippen LogP contribution < -0.4 is 5.73 Å². The minimum absolute atomic E-state index is 0.0816. The third-order valence-corrected chi connectivity index (χ3v) is 3.13. The Balaban J connectivity index is 1.95. The Hall–Kier alpha value is -0.830. The van der Waals surface area contributed by atoms with Gasteiger partial charge in [0.05, 0.1) is 11.7 Å². The zero-order valence-corrected chi connectivity index (χ0v) is 9.95. The lowest BCUT2D eigenvalue weighted by Crippen LogP contribution is -2.22. The molecule has 2 rings (SSSR count). The van der Waals surface area contributed by atoms with E-state index in [9.17, 15) is 0 Å². The maximum absolute atomic E-state index is 6.06. The van der Waals surface area contributed by atoms with E-state index in [4.69, 9.17) is 5.73 Å². The molecule has 0 bridgehead atoms. The fraction of sp³-hybridized carbons (Fsp3) is 0.750. The third kappa shape index (κ3) is 2.59. The molecule has 0 amide bonds. The van der Waals surface area contributed by atoms with Crippen molar-refractivity contribution in [1.29, 1.82) is 0 Å². The van der Waals surface area contributed by atoms with E-state index in [2.05, 4.69) is 32.1 Å². The summed E-state index contributed by atoms with van der Waals surface area (Å²) in [5, 5.41) is 4.38. The summed E-state index contributed by atoms with van der Waals surface area (Å²) in [7, 11) is 0. The van der Waals surface area contributed by atoms with Crippen molar-refractivity contribution in [2.45, 2.75) is 57.5 Å². The zero-order chi connectivity index (χ0) is 11.1. The van der Waals surface area contributed by atoms with Crippen LogP contribution in [0.1, 0.15) is 45.6 Å². The molecule has 1 aromatic rings. The molecule has 2 N–H and O–H groups in total. The van der Waals surface area contributed by atoms with E-state index in [1.165, 1.54) is 18.4 Å². The van der Waals surface area contributed by atoms with E-state index < -0.39 is 0 Å². The van der Waals surface area contributed by atoms with E-state index in [1.807, 2.05) is 10.9 Å². The summed E-state index contributed by atoms with van der Waals surface area (Å²) >= 11 is 0. The Morgan fingerprint density at radius 3 is 2.60 bits per heavy atom. The molecule has 0 spiro atoms. The minimum Gasteiger partial charge on any atom is -0.325 e. The van der Waals surface area contributed by atoms with E-state index >= 15 is 0 Å². The number of rotatable bonds is 3. The number of aromatic nitrogens is 2. The summed E-state index contributed by atoms with van der Waals surface area (Å²) in [4.78, 5) is 0. The highest BCUT2D eigenvalue weighted by molar-refractivity contribution is 5.09. The number of hydrogen-bond donors (Lipinski definition) is 1. The van der Waals surface area contributed by atoms with Crippen molar-refractivity contribution in [3.05, 3.63) is 18.0 Å². The van der Waals surface area contributed by atoms with Crippen LogP contribution in [-0.4, -0.2) is 15.3 Å². The molecule has 1 saturated carbocycles. The first-order valence-electron chi connectivity index (χ1n) is 5.72. The third-order valence-electron chi connectivity index (χ3n) is 3.13. The first-order chi connectivity index (χ1) is 6.89. The topological polar surface area (TPSA) is 43.8 Å². The van der Waals surface area contributed by atoms with Crippen LogP contribution in [0.15, 0.2) is 12.4 Å². The first-order valence-corrected chi connectivity index (χ1v) is 5.72. The van der Waals surface area contributed by atoms with Gasteiger partial charge in [0, 0.05) is 11.7 Å². The summed E-state index contributed by atoms with van der Waals surface area (Å²) in [6.07, 6.45) is 8.67. The predicted octanol–water partition coefficient (Wildman–Crippen LogP) is 2.06. The normalized spacial score (nSPS) is 19.2. The maximum atomic E-state index is 6.06. The molecular weight excluding hydrogens is 186 g/mol. The van der Waals surface area contributed by atoms with Gasteiger partial charge >= 0.3 is 0 Å². The first kappa shape index (κ1) is 10.7. The van der Waals surface area contributed by atoms with E-state index in [-0.39, 0.29) is 11.1 Å². The molecule has 1 aromatic heterocycles. The molecule has 1 fully saturated rings. The highest BCUT2D eigenvalue weighted by Crippen LogP contribution is 2.36. The van der Waals surface area contributed by atoms with Gasteiger partial charge in [-0.2, -0.15) is 5.10 Å². The molecule has 0 atom stereocenters. The number of nitrogens with zero attached hydrogens (tertiary/aromatic N) is 2. The molecule has 84 valence electrons. The van der Waals surface area contributed by atoms with Crippen molar-refractivity contribution >= 4 is 0 Å². The lowest BCUT2D eigenvalue weighted by molar-refractivity contribution is 0.355. The Labute approximate surface area is 91.7 Å². The largest absolute Gasteiger partial charge is 0.325 e. The smallest absolute Gasteiger partial charge is 0.0543 e. The highest BCUT2D eigenvalue weighted by atomic mass is 15.3. The second kappa shape index (κ2) is 3.34. The van der Waals surface area contributed by atoms with Gasteiger partial charge in [0.15, 0.2) is 0 Å². The van der Waals surface area contributed by atoms with Crippen LogP contribution in [0, 0.1) is 0 Å². The average Bonchev–Trinajstić information content (AvgIpc) is 2.66. The molecule has 0 aliphatic heterocycles. The van der Waals surface area contributed by atoms with Gasteiger partial charge in [-0.25, -0.2) is 0 Å². The van der Waals surface area contributed by atoms with Crippen molar-refractivity contribution < 1.29 is 0 Å². The van der Waals surface area contributed by atoms with Gasteiger partial charge in [0.1, 0.15) is 0 Å². The molecule has 1 aliphatic carbocycles. The monoisotopic (exact) mass is 207 g/mol. The highest BCUT2D eigenvalue weighted by Gasteiger charge is 2.37. The summed E-state index contributed by atoms with van der Waals surface area (Å²) in [5.74, 6) is 0. The molecular formula is C12H21N3. The average molecular weight is 207 g/mol. The van der Waals surface area contributed by atoms with Gasteiger partial charge < -0.3 is 5.73 Å². The number of nitrogens with two attached hydrogens (primary N) is 1. The van der Waals surface area contributed by atoms with Crippen molar-refractivity contribution in [1.82, 2.24) is 9.78 Å². The van der Waals surface area contributed by atoms with Crippen LogP contribution in [0.2, 0.25) is 0 Å². The van der Waals surface area contributed by atoms with Gasteiger partial charge in [-0.15, -0.1) is 0 Å². The summed E-state index contributed by atoms with van der Waals surface area (Å²) in [6, 6.07) is 0. The predicted molar refractivity (Wildman–Crippen MR) is 61.7 cm³/mol. The minimum atomic E-state index is 0.0816. The second-order valence-electron chi connectivity index (χ2n) is 5.83. The Morgan fingerprint density at radius 1 is 1.47 bits per heavy atom. The molecule has 0 saturated heterocycles. The van der Waals surface area contributed by atoms with Gasteiger partial charge in [-0.3, -0.25) is 4.68 Å². The summed E-state index contributed by atoms with van der Waals surface area (Å²) < 4.78 is 2.03. The number of aryl methyl sites for hydroxylation is 1. The van der Waals surface area contributed by atoms with E-state index in [1.54, 1.807) is 0 Å². The fourth-order valence-electron chi connectivity index (χ4n) is 1.66. The number of hydrogen-bond acceptors (Lipinski definition) is 2. The van der Waals surface area contributed by atoms with Crippen LogP contribution in [0.4, 0.5) is 0 Å². The van der Waals surface area contributed by atoms with Crippen molar-refractivity contribution in [3.63, 3.8) is 0 Å². The van der Waals surface area contributed by atoms with Gasteiger partial charge in [-0.05, 0) is 52.0 Å². The van der Waals surface area contributed by atoms with Crippen molar-refractivity contribution in [3.8, 4) is 0 Å². The Bertz CT molecular complexity index is 342. The molecule has 0 radical (unpaired) electrons. The van der Waals surface area contributed by atoms with Gasteiger partial charge in [0.2, 0.25) is 0 Å². The Kier molecular flexibility index (Phi) is 2.38. The molecule has 1 heterocycles. The molecule has 0 aromatic carbocycles. The SMILES string of the molecule is CC(C)(C)n1cc(CCC2(N)CC2)cn1. The van der Waals surface area contributed by atoms with Gasteiger partial charge in [0.25, 0.3) is 0 Å². The standard InChI is InChI=1S/C12H21N3/c1-11(2,3)15-9-10(8-14-15)4-5-12(13)6-7-12/h8-9H,4-7,13H2,1-3H3. The zero-order valence-electron chi connectivity index (χ0n) is 9.95. The van der Waals surface area contributed by atoms with Crippen molar-refractivity contribution in [2.24, 2.45) is 5.73 Å². The lowest BCUT2D eigenvalue weighted by atomic mass is 10.1. The fourth-order valence-corrected chi connectivity index (χ4v) is 1.66. The lowest BCUT2D eigenvalue weighted by Gasteiger charge is -2.18. The summed E-state index contributed by atoms with van der Waals surface area (Å²) in [5.41, 5.74) is 7.61. The molecule has 0 unspecified atom stereocenters. The van der Waals surface area contributed by atoms with Crippen LogP contribution in [-0.2, 0) is 12.0 Å². The Morgan fingerprint density at radius 2 is 2.13 bits per heavy atom. The van der Waals surface area contributed by atoms with Gasteiger partial charge in [-0.1, -0.05) is 0 Å². The quantitative estimate of drug-likeness (QED) is 0.824. The van der Waals surface area contributed by atoms with Crippen molar-refractivity contribution in [2.75, 3.05) is 0 Å². The molecule has 3 heteroatoms. The van der Waals surface area contributed by atoms with Crippen LogP contribution in [0.3, 0.4) is 0 Å². The van der Waals surface area contributed by atoms with E-state index in [0.29, 0.717) is 0 Å². The van der Waals surface area contributed by atoms with Crippen LogP contribution in [0.25, 0.3) is 0 Å². The summed E-state index contributed by atoms with van der Waals surface area (Å²) in [6.45, 7) is 6.49. The molecule has 1 aliphatic rings.